The average Bonchev–Trinajstić information content (AvgIpc) is 2.74. The van der Waals surface area contributed by atoms with Crippen molar-refractivity contribution in [2.24, 2.45) is 5.10 Å². The van der Waals surface area contributed by atoms with Crippen LogP contribution in [0.25, 0.3) is 0 Å². The van der Waals surface area contributed by atoms with E-state index >= 15 is 0 Å². The zero-order valence-corrected chi connectivity index (χ0v) is 16.7. The van der Waals surface area contributed by atoms with Crippen LogP contribution in [0.15, 0.2) is 72.1 Å². The third-order valence-corrected chi connectivity index (χ3v) is 4.43. The van der Waals surface area contributed by atoms with Crippen LogP contribution in [-0.4, -0.2) is 22.5 Å². The van der Waals surface area contributed by atoms with Gasteiger partial charge in [-0.3, -0.25) is 14.6 Å². The second-order valence-electron chi connectivity index (χ2n) is 6.39. The molecule has 1 aromatic heterocycles. The quantitative estimate of drug-likeness (QED) is 0.485. The van der Waals surface area contributed by atoms with Gasteiger partial charge in [-0.25, -0.2) is 5.43 Å². The Balaban J connectivity index is 1.79. The molecule has 0 spiro atoms. The number of aryl methyl sites for hydroxylation is 1. The van der Waals surface area contributed by atoms with Crippen molar-refractivity contribution < 1.29 is 9.59 Å². The van der Waals surface area contributed by atoms with Crippen molar-refractivity contribution in [3.05, 3.63) is 94.3 Å². The number of pyridine rings is 1. The Hall–Kier alpha value is -3.51. The molecule has 0 bridgehead atoms. The largest absolute Gasteiger partial charge is 0.321 e. The lowest BCUT2D eigenvalue weighted by atomic mass is 10.1. The Morgan fingerprint density at radius 1 is 1.00 bits per heavy atom. The fraction of sp³-hybridized carbons (Fsp3) is 0.0909. The number of carbonyl (C=O) groups excluding carboxylic acids is 2. The molecule has 0 aliphatic carbocycles. The first-order chi connectivity index (χ1) is 13.9. The van der Waals surface area contributed by atoms with Gasteiger partial charge in [-0.15, -0.1) is 0 Å². The lowest BCUT2D eigenvalue weighted by Gasteiger charge is -2.11. The summed E-state index contributed by atoms with van der Waals surface area (Å²) in [6, 6.07) is 15.7. The minimum atomic E-state index is -0.486. The van der Waals surface area contributed by atoms with E-state index in [0.29, 0.717) is 22.0 Å². The molecule has 0 unspecified atom stereocenters. The standard InChI is InChI=1S/C22H19ClN4O2/c1-14-5-7-16(8-6-14)15(2)26-27-22(29)19-12-18(23)9-10-20(19)25-21(28)17-4-3-11-24-13-17/h3-13H,1-2H3,(H,25,28)(H,27,29)/b26-15+. The fourth-order valence-corrected chi connectivity index (χ4v) is 2.73. The van der Waals surface area contributed by atoms with Crippen LogP contribution >= 0.6 is 11.6 Å². The topological polar surface area (TPSA) is 83.5 Å². The zero-order chi connectivity index (χ0) is 20.8. The first-order valence-electron chi connectivity index (χ1n) is 8.86. The number of nitrogens with zero attached hydrogens (tertiary/aromatic N) is 2. The highest BCUT2D eigenvalue weighted by Crippen LogP contribution is 2.21. The van der Waals surface area contributed by atoms with Gasteiger partial charge in [-0.1, -0.05) is 41.4 Å². The number of nitrogens with one attached hydrogen (secondary N) is 2. The van der Waals surface area contributed by atoms with Crippen molar-refractivity contribution in [1.82, 2.24) is 10.4 Å². The van der Waals surface area contributed by atoms with Gasteiger partial charge in [-0.05, 0) is 49.7 Å². The molecule has 2 N–H and O–H groups in total. The third-order valence-electron chi connectivity index (χ3n) is 4.19. The maximum Gasteiger partial charge on any atom is 0.273 e. The van der Waals surface area contributed by atoms with Gasteiger partial charge in [0.15, 0.2) is 0 Å². The van der Waals surface area contributed by atoms with Crippen molar-refractivity contribution in [3.8, 4) is 0 Å². The second-order valence-corrected chi connectivity index (χ2v) is 6.83. The molecule has 6 nitrogen and oxygen atoms in total. The van der Waals surface area contributed by atoms with E-state index in [2.05, 4.69) is 20.8 Å². The van der Waals surface area contributed by atoms with Gasteiger partial charge in [0.1, 0.15) is 0 Å². The molecule has 0 aliphatic heterocycles. The maximum absolute atomic E-state index is 12.7. The summed E-state index contributed by atoms with van der Waals surface area (Å²) >= 11 is 6.05. The van der Waals surface area contributed by atoms with Crippen LogP contribution in [0.3, 0.4) is 0 Å². The monoisotopic (exact) mass is 406 g/mol. The van der Waals surface area contributed by atoms with E-state index in [4.69, 9.17) is 11.6 Å². The lowest BCUT2D eigenvalue weighted by Crippen LogP contribution is -2.22. The Bertz CT molecular complexity index is 1060. The van der Waals surface area contributed by atoms with Gasteiger partial charge in [0.2, 0.25) is 0 Å². The van der Waals surface area contributed by atoms with E-state index in [1.165, 1.54) is 12.3 Å². The summed E-state index contributed by atoms with van der Waals surface area (Å²) < 4.78 is 0. The van der Waals surface area contributed by atoms with Crippen LogP contribution in [0.5, 0.6) is 0 Å². The molecule has 0 aliphatic rings. The van der Waals surface area contributed by atoms with Crippen molar-refractivity contribution >= 4 is 34.8 Å². The molecule has 3 aromatic rings. The number of halogens is 1. The van der Waals surface area contributed by atoms with Gasteiger partial charge in [0, 0.05) is 17.4 Å². The van der Waals surface area contributed by atoms with Crippen molar-refractivity contribution in [3.63, 3.8) is 0 Å². The molecule has 0 saturated heterocycles. The summed E-state index contributed by atoms with van der Waals surface area (Å²) in [5, 5.41) is 7.24. The van der Waals surface area contributed by atoms with E-state index < -0.39 is 5.91 Å². The molecule has 0 atom stereocenters. The number of anilines is 1. The maximum atomic E-state index is 12.7. The summed E-state index contributed by atoms with van der Waals surface area (Å²) in [4.78, 5) is 29.0. The van der Waals surface area contributed by atoms with Crippen LogP contribution in [-0.2, 0) is 0 Å². The molecule has 7 heteroatoms. The lowest BCUT2D eigenvalue weighted by molar-refractivity contribution is 0.0955. The number of rotatable bonds is 5. The van der Waals surface area contributed by atoms with Crippen LogP contribution in [0, 0.1) is 6.92 Å². The van der Waals surface area contributed by atoms with E-state index in [-0.39, 0.29) is 11.5 Å². The minimum Gasteiger partial charge on any atom is -0.321 e. The summed E-state index contributed by atoms with van der Waals surface area (Å²) in [5.41, 5.74) is 6.11. The van der Waals surface area contributed by atoms with Crippen LogP contribution in [0.2, 0.25) is 5.02 Å². The van der Waals surface area contributed by atoms with Crippen molar-refractivity contribution in [2.75, 3.05) is 5.32 Å². The van der Waals surface area contributed by atoms with E-state index in [9.17, 15) is 9.59 Å². The van der Waals surface area contributed by atoms with E-state index in [1.54, 1.807) is 37.4 Å². The summed E-state index contributed by atoms with van der Waals surface area (Å²) in [6.07, 6.45) is 3.02. The SMILES string of the molecule is C/C(=N\NC(=O)c1cc(Cl)ccc1NC(=O)c1cccnc1)c1ccc(C)cc1. The van der Waals surface area contributed by atoms with Crippen LogP contribution in [0.4, 0.5) is 5.69 Å². The van der Waals surface area contributed by atoms with Gasteiger partial charge < -0.3 is 5.32 Å². The number of carbonyl (C=O) groups is 2. The number of hydrogen-bond donors (Lipinski definition) is 2. The molecular formula is C22H19ClN4O2. The Labute approximate surface area is 173 Å². The van der Waals surface area contributed by atoms with Crippen LogP contribution < -0.4 is 10.7 Å². The predicted molar refractivity (Wildman–Crippen MR) is 114 cm³/mol. The predicted octanol–water partition coefficient (Wildman–Crippen LogP) is 4.45. The Morgan fingerprint density at radius 3 is 2.45 bits per heavy atom. The molecule has 0 radical (unpaired) electrons. The third kappa shape index (κ3) is 5.27. The minimum absolute atomic E-state index is 0.204. The van der Waals surface area contributed by atoms with Gasteiger partial charge in [-0.2, -0.15) is 5.10 Å². The molecule has 0 fully saturated rings. The smallest absolute Gasteiger partial charge is 0.273 e. The first kappa shape index (κ1) is 20.2. The summed E-state index contributed by atoms with van der Waals surface area (Å²) in [5.74, 6) is -0.866. The second kappa shape index (κ2) is 9.12. The van der Waals surface area contributed by atoms with Gasteiger partial charge in [0.25, 0.3) is 11.8 Å². The molecule has 0 saturated carbocycles. The highest BCUT2D eigenvalue weighted by Gasteiger charge is 2.15. The van der Waals surface area contributed by atoms with E-state index in [0.717, 1.165) is 11.1 Å². The first-order valence-corrected chi connectivity index (χ1v) is 9.24. The molecule has 2 aromatic carbocycles. The fourth-order valence-electron chi connectivity index (χ4n) is 2.56. The molecule has 146 valence electrons. The Morgan fingerprint density at radius 2 is 1.76 bits per heavy atom. The molecule has 2 amide bonds. The number of aromatic nitrogens is 1. The highest BCUT2D eigenvalue weighted by atomic mass is 35.5. The number of benzene rings is 2. The van der Waals surface area contributed by atoms with Crippen molar-refractivity contribution in [2.45, 2.75) is 13.8 Å². The number of hydrazone groups is 1. The Kier molecular flexibility index (Phi) is 6.36. The number of hydrogen-bond acceptors (Lipinski definition) is 4. The van der Waals surface area contributed by atoms with E-state index in [1.807, 2.05) is 31.2 Å². The normalized spacial score (nSPS) is 11.1. The highest BCUT2D eigenvalue weighted by molar-refractivity contribution is 6.31. The van der Waals surface area contributed by atoms with Crippen LogP contribution in [0.1, 0.15) is 38.8 Å². The van der Waals surface area contributed by atoms with Gasteiger partial charge >= 0.3 is 0 Å². The molecular weight excluding hydrogens is 388 g/mol. The molecule has 3 rings (SSSR count). The van der Waals surface area contributed by atoms with Gasteiger partial charge in [0.05, 0.1) is 22.5 Å². The molecule has 29 heavy (non-hydrogen) atoms. The summed E-state index contributed by atoms with van der Waals surface area (Å²) in [7, 11) is 0. The zero-order valence-electron chi connectivity index (χ0n) is 15.9. The summed E-state index contributed by atoms with van der Waals surface area (Å²) in [6.45, 7) is 3.80. The average molecular weight is 407 g/mol. The molecule has 1 heterocycles. The van der Waals surface area contributed by atoms with Crippen molar-refractivity contribution in [1.29, 1.82) is 0 Å². The number of amides is 2.